The molecule has 3 rings (SSSR count). The fourth-order valence-electron chi connectivity index (χ4n) is 2.13. The van der Waals surface area contributed by atoms with Crippen molar-refractivity contribution in [2.75, 3.05) is 0 Å². The van der Waals surface area contributed by atoms with Crippen LogP contribution in [0.1, 0.15) is 11.3 Å². The van der Waals surface area contributed by atoms with E-state index < -0.39 is 5.69 Å². The predicted molar refractivity (Wildman–Crippen MR) is 76.1 cm³/mol. The molecule has 0 amide bonds. The molecule has 0 saturated carbocycles. The minimum absolute atomic E-state index is 0.366. The summed E-state index contributed by atoms with van der Waals surface area (Å²) in [5, 5.41) is 0. The lowest BCUT2D eigenvalue weighted by Gasteiger charge is -2.05. The molecule has 108 valence electrons. The lowest BCUT2D eigenvalue weighted by atomic mass is 10.2. The number of furan rings is 1. The van der Waals surface area contributed by atoms with Crippen molar-refractivity contribution in [1.29, 1.82) is 0 Å². The van der Waals surface area contributed by atoms with Crippen molar-refractivity contribution in [3.63, 3.8) is 0 Å². The summed E-state index contributed by atoms with van der Waals surface area (Å²) in [7, 11) is 0. The van der Waals surface area contributed by atoms with Crippen LogP contribution in [0.4, 0.5) is 0 Å². The van der Waals surface area contributed by atoms with Gasteiger partial charge in [-0.1, -0.05) is 0 Å². The lowest BCUT2D eigenvalue weighted by molar-refractivity contribution is 0.537. The highest BCUT2D eigenvalue weighted by Gasteiger charge is 2.10. The van der Waals surface area contributed by atoms with Crippen molar-refractivity contribution in [3.05, 3.63) is 62.9 Å². The van der Waals surface area contributed by atoms with Crippen LogP contribution >= 0.6 is 0 Å². The molecule has 7 nitrogen and oxygen atoms in total. The van der Waals surface area contributed by atoms with Crippen LogP contribution in [-0.2, 0) is 13.0 Å². The average Bonchev–Trinajstić information content (AvgIpc) is 3.06. The summed E-state index contributed by atoms with van der Waals surface area (Å²) in [4.78, 5) is 31.6. The zero-order valence-corrected chi connectivity index (χ0v) is 11.4. The first kappa shape index (κ1) is 13.2. The molecule has 0 fully saturated rings. The number of rotatable bonds is 4. The molecule has 0 saturated heterocycles. The lowest BCUT2D eigenvalue weighted by Crippen LogP contribution is -2.25. The average molecular weight is 286 g/mol. The molecule has 21 heavy (non-hydrogen) atoms. The number of nitrogens with one attached hydrogen (secondary N) is 2. The van der Waals surface area contributed by atoms with Crippen LogP contribution in [0, 0.1) is 6.92 Å². The first-order valence-electron chi connectivity index (χ1n) is 6.52. The van der Waals surface area contributed by atoms with E-state index in [1.165, 1.54) is 6.20 Å². The quantitative estimate of drug-likeness (QED) is 0.749. The standard InChI is InChI=1S/C14H14N4O3/c1-9-2-3-11(21-9)12-15-5-7-18(12)6-4-10-8-16-14(20)17-13(10)19/h2-3,5,7-8H,4,6H2,1H3,(H2,16,17,19,20). The zero-order chi connectivity index (χ0) is 14.8. The number of H-pyrrole nitrogens is 2. The van der Waals surface area contributed by atoms with E-state index in [0.717, 1.165) is 5.76 Å². The highest BCUT2D eigenvalue weighted by molar-refractivity contribution is 5.47. The molecule has 0 aromatic carbocycles. The van der Waals surface area contributed by atoms with Crippen LogP contribution in [0.25, 0.3) is 11.6 Å². The Morgan fingerprint density at radius 3 is 2.90 bits per heavy atom. The van der Waals surface area contributed by atoms with Gasteiger partial charge in [-0.15, -0.1) is 0 Å². The zero-order valence-electron chi connectivity index (χ0n) is 11.4. The molecule has 0 unspecified atom stereocenters. The maximum Gasteiger partial charge on any atom is 0.325 e. The molecular weight excluding hydrogens is 272 g/mol. The molecule has 0 aliphatic rings. The summed E-state index contributed by atoms with van der Waals surface area (Å²) >= 11 is 0. The number of nitrogens with zero attached hydrogens (tertiary/aromatic N) is 2. The molecule has 0 aliphatic carbocycles. The maximum absolute atomic E-state index is 11.6. The van der Waals surface area contributed by atoms with E-state index in [1.807, 2.05) is 29.8 Å². The van der Waals surface area contributed by atoms with Gasteiger partial charge in [0.1, 0.15) is 5.76 Å². The topological polar surface area (TPSA) is 96.7 Å². The Kier molecular flexibility index (Phi) is 3.31. The summed E-state index contributed by atoms with van der Waals surface area (Å²) in [6, 6.07) is 3.74. The minimum atomic E-state index is -0.502. The van der Waals surface area contributed by atoms with E-state index in [4.69, 9.17) is 4.42 Å². The van der Waals surface area contributed by atoms with Gasteiger partial charge in [-0.25, -0.2) is 9.78 Å². The molecule has 3 heterocycles. The fraction of sp³-hybridized carbons (Fsp3) is 0.214. The van der Waals surface area contributed by atoms with E-state index >= 15 is 0 Å². The molecule has 0 radical (unpaired) electrons. The van der Waals surface area contributed by atoms with Crippen LogP contribution in [-0.4, -0.2) is 19.5 Å². The number of imidazole rings is 1. The van der Waals surface area contributed by atoms with E-state index in [-0.39, 0.29) is 5.56 Å². The number of hydrogen-bond donors (Lipinski definition) is 2. The summed E-state index contributed by atoms with van der Waals surface area (Å²) in [6.07, 6.45) is 5.43. The Balaban J connectivity index is 1.82. The first-order valence-corrected chi connectivity index (χ1v) is 6.52. The van der Waals surface area contributed by atoms with Gasteiger partial charge in [-0.2, -0.15) is 0 Å². The highest BCUT2D eigenvalue weighted by atomic mass is 16.3. The second-order valence-electron chi connectivity index (χ2n) is 4.70. The third-order valence-electron chi connectivity index (χ3n) is 3.19. The SMILES string of the molecule is Cc1ccc(-c2nccn2CCc2c[nH]c(=O)[nH]c2=O)o1. The Hall–Kier alpha value is -2.83. The molecule has 0 spiro atoms. The van der Waals surface area contributed by atoms with Gasteiger partial charge >= 0.3 is 5.69 Å². The van der Waals surface area contributed by atoms with Crippen LogP contribution in [0.15, 0.2) is 44.7 Å². The summed E-state index contributed by atoms with van der Waals surface area (Å²) in [5.74, 6) is 2.22. The van der Waals surface area contributed by atoms with Crippen molar-refractivity contribution in [2.24, 2.45) is 0 Å². The Morgan fingerprint density at radius 2 is 2.19 bits per heavy atom. The van der Waals surface area contributed by atoms with Gasteiger partial charge in [0.25, 0.3) is 5.56 Å². The summed E-state index contributed by atoms with van der Waals surface area (Å²) in [5.41, 5.74) is -0.350. The largest absolute Gasteiger partial charge is 0.458 e. The van der Waals surface area contributed by atoms with Crippen LogP contribution < -0.4 is 11.2 Å². The van der Waals surface area contributed by atoms with Gasteiger partial charge in [-0.05, 0) is 25.5 Å². The van der Waals surface area contributed by atoms with Gasteiger partial charge in [0, 0.05) is 30.7 Å². The molecular formula is C14H14N4O3. The monoisotopic (exact) mass is 286 g/mol. The smallest absolute Gasteiger partial charge is 0.325 e. The molecule has 0 atom stereocenters. The summed E-state index contributed by atoms with van der Waals surface area (Å²) in [6.45, 7) is 2.43. The molecule has 0 bridgehead atoms. The molecule has 2 N–H and O–H groups in total. The van der Waals surface area contributed by atoms with E-state index in [9.17, 15) is 9.59 Å². The Bertz CT molecular complexity index is 868. The van der Waals surface area contributed by atoms with Crippen molar-refractivity contribution in [2.45, 2.75) is 19.9 Å². The second-order valence-corrected chi connectivity index (χ2v) is 4.70. The van der Waals surface area contributed by atoms with E-state index in [1.54, 1.807) is 6.20 Å². The number of aryl methyl sites for hydroxylation is 3. The third kappa shape index (κ3) is 2.71. The normalized spacial score (nSPS) is 10.9. The molecule has 3 aromatic heterocycles. The second kappa shape index (κ2) is 5.28. The van der Waals surface area contributed by atoms with Crippen LogP contribution in [0.3, 0.4) is 0 Å². The molecule has 0 aliphatic heterocycles. The first-order chi connectivity index (χ1) is 10.1. The number of hydrogen-bond acceptors (Lipinski definition) is 4. The van der Waals surface area contributed by atoms with Crippen LogP contribution in [0.5, 0.6) is 0 Å². The number of aromatic amines is 2. The Labute approximate surface area is 119 Å². The van der Waals surface area contributed by atoms with Gasteiger partial charge in [0.05, 0.1) is 0 Å². The van der Waals surface area contributed by atoms with E-state index in [0.29, 0.717) is 30.1 Å². The molecule has 3 aromatic rings. The van der Waals surface area contributed by atoms with Gasteiger partial charge in [0.15, 0.2) is 11.6 Å². The third-order valence-corrected chi connectivity index (χ3v) is 3.19. The predicted octanol–water partition coefficient (Wildman–Crippen LogP) is 1.07. The van der Waals surface area contributed by atoms with Crippen molar-refractivity contribution in [3.8, 4) is 11.6 Å². The number of aromatic nitrogens is 4. The maximum atomic E-state index is 11.6. The van der Waals surface area contributed by atoms with E-state index in [2.05, 4.69) is 15.0 Å². The van der Waals surface area contributed by atoms with Crippen LogP contribution in [0.2, 0.25) is 0 Å². The van der Waals surface area contributed by atoms with Gasteiger partial charge < -0.3 is 14.0 Å². The summed E-state index contributed by atoms with van der Waals surface area (Å²) < 4.78 is 7.47. The highest BCUT2D eigenvalue weighted by Crippen LogP contribution is 2.20. The Morgan fingerprint density at radius 1 is 1.33 bits per heavy atom. The minimum Gasteiger partial charge on any atom is -0.458 e. The van der Waals surface area contributed by atoms with Crippen molar-refractivity contribution >= 4 is 0 Å². The van der Waals surface area contributed by atoms with Gasteiger partial charge in [0.2, 0.25) is 0 Å². The fourth-order valence-corrected chi connectivity index (χ4v) is 2.13. The molecule has 7 heteroatoms. The van der Waals surface area contributed by atoms with Gasteiger partial charge in [-0.3, -0.25) is 9.78 Å². The van der Waals surface area contributed by atoms with Crippen molar-refractivity contribution < 1.29 is 4.42 Å². The van der Waals surface area contributed by atoms with Crippen molar-refractivity contribution in [1.82, 2.24) is 19.5 Å².